The molecule has 0 unspecified atom stereocenters. The number of hydrogen-bond acceptors (Lipinski definition) is 4. The fourth-order valence-corrected chi connectivity index (χ4v) is 5.22. The molecule has 3 rings (SSSR count). The Morgan fingerprint density at radius 3 is 2.52 bits per heavy atom. The largest absolute Gasteiger partial charge is 0.506 e. The van der Waals surface area contributed by atoms with E-state index in [2.05, 4.69) is 42.4 Å². The van der Waals surface area contributed by atoms with Gasteiger partial charge >= 0.3 is 5.91 Å². The topological polar surface area (TPSA) is 74.8 Å². The Morgan fingerprint density at radius 2 is 1.84 bits per heavy atom. The van der Waals surface area contributed by atoms with Crippen molar-refractivity contribution in [1.29, 1.82) is 0 Å². The van der Waals surface area contributed by atoms with E-state index in [0.29, 0.717) is 12.7 Å². The van der Waals surface area contributed by atoms with Crippen molar-refractivity contribution in [3.63, 3.8) is 0 Å². The minimum absolute atomic E-state index is 0.167. The minimum Gasteiger partial charge on any atom is -0.506 e. The van der Waals surface area contributed by atoms with Gasteiger partial charge in [-0.3, -0.25) is 4.79 Å². The Hall–Kier alpha value is -0.660. The predicted molar refractivity (Wildman–Crippen MR) is 120 cm³/mol. The van der Waals surface area contributed by atoms with Crippen molar-refractivity contribution in [2.45, 2.75) is 0 Å². The average molecular weight is 690 g/mol. The maximum Gasteiger partial charge on any atom is 0.307 e. The van der Waals surface area contributed by atoms with E-state index < -0.39 is 5.91 Å². The third-order valence-corrected chi connectivity index (χ3v) is 5.87. The second-order valence-electron chi connectivity index (χ2n) is 4.95. The molecule has 3 aromatic rings. The van der Waals surface area contributed by atoms with E-state index in [-0.39, 0.29) is 11.5 Å². The quantitative estimate of drug-likeness (QED) is 0.213. The number of phenols is 1. The van der Waals surface area contributed by atoms with Crippen LogP contribution >= 0.6 is 77.0 Å². The molecule has 1 aromatic heterocycles. The van der Waals surface area contributed by atoms with Crippen LogP contribution < -0.4 is 5.43 Å². The van der Waals surface area contributed by atoms with Crippen molar-refractivity contribution in [3.05, 3.63) is 57.7 Å². The van der Waals surface area contributed by atoms with Gasteiger partial charge in [0.2, 0.25) is 0 Å². The number of halogens is 4. The Bertz CT molecular complexity index is 995. The third kappa shape index (κ3) is 4.37. The van der Waals surface area contributed by atoms with Crippen LogP contribution in [0.4, 0.5) is 0 Å². The number of furan rings is 1. The van der Waals surface area contributed by atoms with Gasteiger partial charge < -0.3 is 9.52 Å². The lowest BCUT2D eigenvalue weighted by Crippen LogP contribution is -2.16. The van der Waals surface area contributed by atoms with E-state index >= 15 is 0 Å². The molecule has 0 spiro atoms. The minimum atomic E-state index is -0.446. The molecule has 9 heteroatoms. The standard InChI is InChI=1S/C16H8Br2I2N2O3/c17-9-3-8-4-13(25-15(8)10(18)5-9)16(24)22-21-6-7-1-11(19)14(23)12(20)2-7/h1-6,23H,(H,22,24)/b21-6-. The van der Waals surface area contributed by atoms with Crippen molar-refractivity contribution in [3.8, 4) is 5.75 Å². The summed E-state index contributed by atoms with van der Waals surface area (Å²) >= 11 is 10.9. The summed E-state index contributed by atoms with van der Waals surface area (Å²) in [5.74, 6) is -0.0409. The molecule has 0 radical (unpaired) electrons. The van der Waals surface area contributed by atoms with Gasteiger partial charge in [-0.05, 0) is 97.0 Å². The predicted octanol–water partition coefficient (Wildman–Crippen LogP) is 5.64. The van der Waals surface area contributed by atoms with Gasteiger partial charge in [-0.25, -0.2) is 5.43 Å². The van der Waals surface area contributed by atoms with E-state index in [1.165, 1.54) is 6.21 Å². The first kappa shape index (κ1) is 19.1. The van der Waals surface area contributed by atoms with E-state index in [0.717, 1.165) is 19.9 Å². The second-order valence-corrected chi connectivity index (χ2v) is 9.04. The van der Waals surface area contributed by atoms with Crippen LogP contribution in [-0.2, 0) is 0 Å². The first-order chi connectivity index (χ1) is 11.8. The van der Waals surface area contributed by atoms with Crippen LogP contribution in [0.15, 0.2) is 48.8 Å². The number of fused-ring (bicyclic) bond motifs is 1. The summed E-state index contributed by atoms with van der Waals surface area (Å²) in [5.41, 5.74) is 3.80. The summed E-state index contributed by atoms with van der Waals surface area (Å²) in [4.78, 5) is 12.2. The van der Waals surface area contributed by atoms with Crippen molar-refractivity contribution < 1.29 is 14.3 Å². The summed E-state index contributed by atoms with van der Waals surface area (Å²) in [5, 5.41) is 14.5. The van der Waals surface area contributed by atoms with Crippen LogP contribution in [0.1, 0.15) is 16.1 Å². The number of phenolic OH excluding ortho intramolecular Hbond substituents is 1. The van der Waals surface area contributed by atoms with E-state index in [1.54, 1.807) is 18.2 Å². The van der Waals surface area contributed by atoms with Gasteiger partial charge in [0.15, 0.2) is 5.76 Å². The number of benzene rings is 2. The molecule has 5 nitrogen and oxygen atoms in total. The number of rotatable bonds is 3. The van der Waals surface area contributed by atoms with E-state index in [4.69, 9.17) is 4.42 Å². The zero-order chi connectivity index (χ0) is 18.1. The number of nitrogens with one attached hydrogen (secondary N) is 1. The van der Waals surface area contributed by atoms with Gasteiger partial charge in [0.25, 0.3) is 0 Å². The number of carbonyl (C=O) groups excluding carboxylic acids is 1. The highest BCUT2D eigenvalue weighted by Crippen LogP contribution is 2.31. The number of nitrogens with zero attached hydrogens (tertiary/aromatic N) is 1. The highest BCUT2D eigenvalue weighted by atomic mass is 127. The summed E-state index contributed by atoms with van der Waals surface area (Å²) < 4.78 is 8.65. The summed E-state index contributed by atoms with van der Waals surface area (Å²) in [6.45, 7) is 0. The van der Waals surface area contributed by atoms with E-state index in [1.807, 2.05) is 57.3 Å². The molecule has 128 valence electrons. The molecule has 0 bridgehead atoms. The Kier molecular flexibility index (Phi) is 6.06. The maximum atomic E-state index is 12.2. The summed E-state index contributed by atoms with van der Waals surface area (Å²) in [6.07, 6.45) is 1.51. The molecular formula is C16H8Br2I2N2O3. The monoisotopic (exact) mass is 688 g/mol. The number of hydrazone groups is 1. The zero-order valence-corrected chi connectivity index (χ0v) is 19.7. The molecule has 25 heavy (non-hydrogen) atoms. The number of aromatic hydroxyl groups is 1. The third-order valence-electron chi connectivity index (χ3n) is 3.18. The fraction of sp³-hybridized carbons (Fsp3) is 0. The van der Waals surface area contributed by atoms with E-state index in [9.17, 15) is 9.90 Å². The summed E-state index contributed by atoms with van der Waals surface area (Å²) in [7, 11) is 0. The molecule has 0 saturated carbocycles. The number of amides is 1. The van der Waals surface area contributed by atoms with Crippen LogP contribution in [0.2, 0.25) is 0 Å². The molecule has 2 aromatic carbocycles. The van der Waals surface area contributed by atoms with Crippen LogP contribution in [0.3, 0.4) is 0 Å². The molecule has 0 aliphatic rings. The SMILES string of the molecule is O=C(N/N=C\c1cc(I)c(O)c(I)c1)c1cc2cc(Br)cc(Br)c2o1. The number of hydrogen-bond donors (Lipinski definition) is 2. The zero-order valence-electron chi connectivity index (χ0n) is 12.2. The molecule has 0 fully saturated rings. The average Bonchev–Trinajstić information content (AvgIpc) is 2.96. The van der Waals surface area contributed by atoms with Gasteiger partial charge in [0, 0.05) is 9.86 Å². The lowest BCUT2D eigenvalue weighted by atomic mass is 10.2. The van der Waals surface area contributed by atoms with Crippen molar-refractivity contribution >= 4 is 100 Å². The van der Waals surface area contributed by atoms with Crippen molar-refractivity contribution in [2.24, 2.45) is 5.10 Å². The molecule has 1 heterocycles. The van der Waals surface area contributed by atoms with Gasteiger partial charge in [-0.1, -0.05) is 15.9 Å². The van der Waals surface area contributed by atoms with Gasteiger partial charge in [-0.15, -0.1) is 0 Å². The normalized spacial score (nSPS) is 11.4. The molecule has 0 saturated heterocycles. The van der Waals surface area contributed by atoms with Crippen LogP contribution in [-0.4, -0.2) is 17.2 Å². The van der Waals surface area contributed by atoms with Crippen LogP contribution in [0.25, 0.3) is 11.0 Å². The van der Waals surface area contributed by atoms with Gasteiger partial charge in [-0.2, -0.15) is 5.10 Å². The van der Waals surface area contributed by atoms with Crippen LogP contribution in [0, 0.1) is 7.14 Å². The Morgan fingerprint density at radius 1 is 1.16 bits per heavy atom. The summed E-state index contributed by atoms with van der Waals surface area (Å²) in [6, 6.07) is 8.90. The highest BCUT2D eigenvalue weighted by Gasteiger charge is 2.14. The molecule has 1 amide bonds. The maximum absolute atomic E-state index is 12.2. The molecule has 0 aliphatic heterocycles. The lowest BCUT2D eigenvalue weighted by Gasteiger charge is -2.02. The van der Waals surface area contributed by atoms with Gasteiger partial charge in [0.1, 0.15) is 11.3 Å². The smallest absolute Gasteiger partial charge is 0.307 e. The first-order valence-corrected chi connectivity index (χ1v) is 10.5. The van der Waals surface area contributed by atoms with Crippen molar-refractivity contribution in [1.82, 2.24) is 5.43 Å². The Balaban J connectivity index is 1.78. The number of carbonyl (C=O) groups is 1. The van der Waals surface area contributed by atoms with Crippen molar-refractivity contribution in [2.75, 3.05) is 0 Å². The van der Waals surface area contributed by atoms with Crippen LogP contribution in [0.5, 0.6) is 5.75 Å². The molecular weight excluding hydrogens is 682 g/mol. The fourth-order valence-electron chi connectivity index (χ4n) is 2.07. The lowest BCUT2D eigenvalue weighted by molar-refractivity contribution is 0.0929. The highest BCUT2D eigenvalue weighted by molar-refractivity contribution is 14.1. The Labute approximate surface area is 186 Å². The second kappa shape index (κ2) is 7.92. The first-order valence-electron chi connectivity index (χ1n) is 6.75. The molecule has 0 aliphatic carbocycles. The molecule has 0 atom stereocenters. The van der Waals surface area contributed by atoms with Gasteiger partial charge in [0.05, 0.1) is 17.8 Å². The molecule has 2 N–H and O–H groups in total.